The average Bonchev–Trinajstić information content (AvgIpc) is 2.91. The van der Waals surface area contributed by atoms with Crippen molar-refractivity contribution in [1.29, 1.82) is 0 Å². The molecule has 1 aromatic carbocycles. The third kappa shape index (κ3) is 3.45. The number of nitrogens with one attached hydrogen (secondary N) is 1. The van der Waals surface area contributed by atoms with E-state index in [9.17, 15) is 14.0 Å². The number of carboxylic acid groups (broad SMARTS) is 1. The molecule has 102 valence electrons. The minimum atomic E-state index is -1.17. The summed E-state index contributed by atoms with van der Waals surface area (Å²) in [5.74, 6) is -2.24. The number of halogens is 1. The summed E-state index contributed by atoms with van der Waals surface area (Å²) in [6, 6.07) is 3.94. The molecule has 0 spiro atoms. The van der Waals surface area contributed by atoms with Gasteiger partial charge in [-0.15, -0.1) is 5.10 Å². The van der Waals surface area contributed by atoms with Crippen LogP contribution in [0.25, 0.3) is 6.08 Å². The molecule has 1 heterocycles. The zero-order valence-corrected chi connectivity index (χ0v) is 10.7. The SMILES string of the molecule is O=C(O)C=Cc1ccc(NC(=O)c2cnns2)cc1F. The first-order valence-corrected chi connectivity index (χ1v) is 6.13. The van der Waals surface area contributed by atoms with Crippen LogP contribution in [-0.2, 0) is 4.79 Å². The smallest absolute Gasteiger partial charge is 0.328 e. The third-order valence-corrected chi connectivity index (χ3v) is 2.91. The van der Waals surface area contributed by atoms with Gasteiger partial charge in [0.15, 0.2) is 0 Å². The molecule has 20 heavy (non-hydrogen) atoms. The predicted octanol–water partition coefficient (Wildman–Crippen LogP) is 2.03. The van der Waals surface area contributed by atoms with Crippen molar-refractivity contribution in [3.63, 3.8) is 0 Å². The van der Waals surface area contributed by atoms with Crippen molar-refractivity contribution in [1.82, 2.24) is 9.59 Å². The van der Waals surface area contributed by atoms with Gasteiger partial charge in [-0.1, -0.05) is 4.49 Å². The Kier molecular flexibility index (Phi) is 4.16. The standard InChI is InChI=1S/C12H8FN3O3S/c13-9-5-8(3-1-7(9)2-4-11(17)18)15-12(19)10-6-14-16-20-10/h1-6H,(H,15,19)(H,17,18). The minimum Gasteiger partial charge on any atom is -0.478 e. The average molecular weight is 293 g/mol. The van der Waals surface area contributed by atoms with Crippen LogP contribution in [0.3, 0.4) is 0 Å². The molecule has 1 amide bonds. The van der Waals surface area contributed by atoms with E-state index in [0.29, 0.717) is 4.88 Å². The number of benzene rings is 1. The highest BCUT2D eigenvalue weighted by atomic mass is 32.1. The van der Waals surface area contributed by atoms with Gasteiger partial charge in [-0.2, -0.15) is 0 Å². The van der Waals surface area contributed by atoms with E-state index in [0.717, 1.165) is 29.8 Å². The first kappa shape index (κ1) is 13.8. The van der Waals surface area contributed by atoms with Crippen molar-refractivity contribution in [2.75, 3.05) is 5.32 Å². The molecule has 0 saturated carbocycles. The summed E-state index contributed by atoms with van der Waals surface area (Å²) < 4.78 is 17.2. The van der Waals surface area contributed by atoms with E-state index in [1.165, 1.54) is 18.3 Å². The van der Waals surface area contributed by atoms with Gasteiger partial charge in [0.2, 0.25) is 0 Å². The van der Waals surface area contributed by atoms with Crippen LogP contribution in [0.1, 0.15) is 15.2 Å². The number of nitrogens with zero attached hydrogens (tertiary/aromatic N) is 2. The number of carbonyl (C=O) groups excluding carboxylic acids is 1. The third-order valence-electron chi connectivity index (χ3n) is 2.25. The molecule has 2 rings (SSSR count). The van der Waals surface area contributed by atoms with Crippen LogP contribution in [0.2, 0.25) is 0 Å². The second-order valence-corrected chi connectivity index (χ2v) is 4.43. The molecular formula is C12H8FN3O3S. The fraction of sp³-hybridized carbons (Fsp3) is 0. The summed E-state index contributed by atoms with van der Waals surface area (Å²) in [4.78, 5) is 22.3. The van der Waals surface area contributed by atoms with Crippen molar-refractivity contribution in [2.24, 2.45) is 0 Å². The van der Waals surface area contributed by atoms with Gasteiger partial charge >= 0.3 is 5.97 Å². The summed E-state index contributed by atoms with van der Waals surface area (Å²) in [6.45, 7) is 0. The van der Waals surface area contributed by atoms with Gasteiger partial charge in [0.25, 0.3) is 5.91 Å². The molecular weight excluding hydrogens is 285 g/mol. The van der Waals surface area contributed by atoms with Gasteiger partial charge in [0, 0.05) is 17.3 Å². The maximum atomic E-state index is 13.7. The molecule has 1 aromatic heterocycles. The second kappa shape index (κ2) is 6.02. The van der Waals surface area contributed by atoms with E-state index in [1.54, 1.807) is 0 Å². The molecule has 0 bridgehead atoms. The van der Waals surface area contributed by atoms with Crippen LogP contribution < -0.4 is 5.32 Å². The zero-order valence-electron chi connectivity index (χ0n) is 9.91. The number of amides is 1. The Hall–Kier alpha value is -2.61. The largest absolute Gasteiger partial charge is 0.478 e. The minimum absolute atomic E-state index is 0.116. The molecule has 0 fully saturated rings. The summed E-state index contributed by atoms with van der Waals surface area (Å²) >= 11 is 0.926. The van der Waals surface area contributed by atoms with Gasteiger partial charge in [0.05, 0.1) is 6.20 Å². The van der Waals surface area contributed by atoms with Crippen LogP contribution in [0.4, 0.5) is 10.1 Å². The Balaban J connectivity index is 2.13. The van der Waals surface area contributed by atoms with E-state index in [4.69, 9.17) is 5.11 Å². The number of hydrogen-bond donors (Lipinski definition) is 2. The maximum Gasteiger partial charge on any atom is 0.328 e. The molecule has 0 saturated heterocycles. The molecule has 0 radical (unpaired) electrons. The molecule has 0 aliphatic heterocycles. The first-order chi connectivity index (χ1) is 9.56. The normalized spacial score (nSPS) is 10.7. The number of carboxylic acids is 1. The van der Waals surface area contributed by atoms with Crippen LogP contribution in [0.5, 0.6) is 0 Å². The lowest BCUT2D eigenvalue weighted by Gasteiger charge is -2.04. The van der Waals surface area contributed by atoms with Gasteiger partial charge in [-0.3, -0.25) is 4.79 Å². The number of carbonyl (C=O) groups is 2. The topological polar surface area (TPSA) is 92.2 Å². The molecule has 0 unspecified atom stereocenters. The van der Waals surface area contributed by atoms with Crippen molar-refractivity contribution in [3.05, 3.63) is 46.7 Å². The molecule has 0 aliphatic carbocycles. The molecule has 2 aromatic rings. The van der Waals surface area contributed by atoms with Crippen molar-refractivity contribution < 1.29 is 19.1 Å². The molecule has 2 N–H and O–H groups in total. The highest BCUT2D eigenvalue weighted by Crippen LogP contribution is 2.17. The zero-order chi connectivity index (χ0) is 14.5. The van der Waals surface area contributed by atoms with Crippen molar-refractivity contribution in [3.8, 4) is 0 Å². The van der Waals surface area contributed by atoms with Crippen LogP contribution in [-0.4, -0.2) is 26.6 Å². The van der Waals surface area contributed by atoms with Crippen LogP contribution >= 0.6 is 11.5 Å². The molecule has 0 aliphatic rings. The summed E-state index contributed by atoms with van der Waals surface area (Å²) in [7, 11) is 0. The Morgan fingerprint density at radius 1 is 1.40 bits per heavy atom. The molecule has 6 nitrogen and oxygen atoms in total. The van der Waals surface area contributed by atoms with Gasteiger partial charge < -0.3 is 10.4 Å². The number of aliphatic carboxylic acids is 1. The first-order valence-electron chi connectivity index (χ1n) is 5.35. The van der Waals surface area contributed by atoms with E-state index in [1.807, 2.05) is 0 Å². The number of hydrogen-bond acceptors (Lipinski definition) is 5. The highest BCUT2D eigenvalue weighted by molar-refractivity contribution is 7.07. The Morgan fingerprint density at radius 3 is 2.80 bits per heavy atom. The van der Waals surface area contributed by atoms with Crippen molar-refractivity contribution in [2.45, 2.75) is 0 Å². The van der Waals surface area contributed by atoms with Crippen LogP contribution in [0, 0.1) is 5.82 Å². The Bertz CT molecular complexity index is 671. The quantitative estimate of drug-likeness (QED) is 0.841. The Morgan fingerprint density at radius 2 is 2.20 bits per heavy atom. The van der Waals surface area contributed by atoms with Crippen molar-refractivity contribution >= 4 is 35.2 Å². The molecule has 0 atom stereocenters. The summed E-state index contributed by atoms with van der Waals surface area (Å²) in [5.41, 5.74) is 0.373. The van der Waals surface area contributed by atoms with Gasteiger partial charge in [-0.25, -0.2) is 9.18 Å². The predicted molar refractivity (Wildman–Crippen MR) is 70.9 cm³/mol. The monoisotopic (exact) mass is 293 g/mol. The summed E-state index contributed by atoms with van der Waals surface area (Å²) in [6.07, 6.45) is 3.27. The van der Waals surface area contributed by atoms with E-state index >= 15 is 0 Å². The number of anilines is 1. The summed E-state index contributed by atoms with van der Waals surface area (Å²) in [5, 5.41) is 14.5. The fourth-order valence-electron chi connectivity index (χ4n) is 1.36. The Labute approximate surface area is 116 Å². The lowest BCUT2D eigenvalue weighted by atomic mass is 10.1. The number of rotatable bonds is 4. The van der Waals surface area contributed by atoms with E-state index in [2.05, 4.69) is 14.9 Å². The number of aromatic nitrogens is 2. The van der Waals surface area contributed by atoms with E-state index < -0.39 is 17.7 Å². The van der Waals surface area contributed by atoms with Gasteiger partial charge in [-0.05, 0) is 35.8 Å². The van der Waals surface area contributed by atoms with E-state index in [-0.39, 0.29) is 11.3 Å². The maximum absolute atomic E-state index is 13.7. The fourth-order valence-corrected chi connectivity index (χ4v) is 1.77. The lowest BCUT2D eigenvalue weighted by Crippen LogP contribution is -2.10. The molecule has 8 heteroatoms. The second-order valence-electron chi connectivity index (χ2n) is 3.64. The van der Waals surface area contributed by atoms with Crippen LogP contribution in [0.15, 0.2) is 30.5 Å². The lowest BCUT2D eigenvalue weighted by molar-refractivity contribution is -0.131. The van der Waals surface area contributed by atoms with Gasteiger partial charge in [0.1, 0.15) is 10.7 Å². The highest BCUT2D eigenvalue weighted by Gasteiger charge is 2.09.